The lowest BCUT2D eigenvalue weighted by Gasteiger charge is -2.20. The maximum atomic E-state index is 11.4. The summed E-state index contributed by atoms with van der Waals surface area (Å²) in [6.07, 6.45) is 0.941. The highest BCUT2D eigenvalue weighted by Gasteiger charge is 2.18. The van der Waals surface area contributed by atoms with Gasteiger partial charge in [-0.05, 0) is 18.6 Å². The molecule has 0 spiro atoms. The zero-order valence-electron chi connectivity index (χ0n) is 11.6. The summed E-state index contributed by atoms with van der Waals surface area (Å²) in [6, 6.07) is 3.38. The molecule has 1 aliphatic rings. The van der Waals surface area contributed by atoms with Gasteiger partial charge in [0.15, 0.2) is 5.76 Å². The topological polar surface area (TPSA) is 91.8 Å². The van der Waals surface area contributed by atoms with Crippen LogP contribution < -0.4 is 11.3 Å². The van der Waals surface area contributed by atoms with E-state index in [1.807, 2.05) is 10.3 Å². The Morgan fingerprint density at radius 1 is 1.30 bits per heavy atom. The first-order valence-electron chi connectivity index (χ1n) is 6.67. The first-order valence-corrected chi connectivity index (χ1v) is 6.67. The minimum Gasteiger partial charge on any atom is -0.455 e. The number of rotatable bonds is 3. The van der Waals surface area contributed by atoms with Gasteiger partial charge in [0.05, 0.1) is 6.54 Å². The first-order chi connectivity index (χ1) is 9.60. The van der Waals surface area contributed by atoms with Gasteiger partial charge in [-0.15, -0.1) is 0 Å². The van der Waals surface area contributed by atoms with Gasteiger partial charge < -0.3 is 9.32 Å². The lowest BCUT2D eigenvalue weighted by Crippen LogP contribution is -2.33. The number of nitrogens with one attached hydrogen (secondary N) is 1. The summed E-state index contributed by atoms with van der Waals surface area (Å²) in [4.78, 5) is 26.7. The molecule has 1 saturated heterocycles. The minimum atomic E-state index is -0.435. The van der Waals surface area contributed by atoms with Crippen molar-refractivity contribution < 1.29 is 14.0 Å². The van der Waals surface area contributed by atoms with Crippen LogP contribution in [0.15, 0.2) is 16.5 Å². The third kappa shape index (κ3) is 3.58. The van der Waals surface area contributed by atoms with Crippen molar-refractivity contribution in [1.82, 2.24) is 15.2 Å². The summed E-state index contributed by atoms with van der Waals surface area (Å²) in [5.41, 5.74) is 2.04. The fourth-order valence-corrected chi connectivity index (χ4v) is 2.32. The van der Waals surface area contributed by atoms with Crippen molar-refractivity contribution in [3.8, 4) is 0 Å². The predicted molar refractivity (Wildman–Crippen MR) is 72.5 cm³/mol. The zero-order chi connectivity index (χ0) is 14.5. The molecule has 0 saturated carbocycles. The van der Waals surface area contributed by atoms with Crippen LogP contribution in [0.4, 0.5) is 0 Å². The number of hydrazine groups is 1. The summed E-state index contributed by atoms with van der Waals surface area (Å²) in [5, 5.41) is 0. The van der Waals surface area contributed by atoms with E-state index in [0.717, 1.165) is 38.4 Å². The lowest BCUT2D eigenvalue weighted by molar-refractivity contribution is -0.128. The molecule has 3 N–H and O–H groups in total. The molecule has 1 aromatic heterocycles. The largest absolute Gasteiger partial charge is 0.455 e. The van der Waals surface area contributed by atoms with Crippen LogP contribution >= 0.6 is 0 Å². The molecular formula is C13H20N4O3. The number of nitrogens with zero attached hydrogens (tertiary/aromatic N) is 2. The number of hydrogen-bond donors (Lipinski definition) is 2. The van der Waals surface area contributed by atoms with Crippen LogP contribution in [0.2, 0.25) is 0 Å². The van der Waals surface area contributed by atoms with Gasteiger partial charge in [-0.2, -0.15) is 0 Å². The molecule has 0 radical (unpaired) electrons. The van der Waals surface area contributed by atoms with Crippen molar-refractivity contribution in [3.63, 3.8) is 0 Å². The molecule has 0 atom stereocenters. The Hall–Kier alpha value is -1.86. The van der Waals surface area contributed by atoms with Gasteiger partial charge in [0, 0.05) is 33.1 Å². The molecular weight excluding hydrogens is 260 g/mol. The summed E-state index contributed by atoms with van der Waals surface area (Å²) in [5.74, 6) is 5.67. The van der Waals surface area contributed by atoms with Crippen molar-refractivity contribution in [2.75, 3.05) is 26.2 Å². The SMILES string of the molecule is CC(=O)N1CCCN(Cc2ccc(C(=O)NN)o2)CC1. The lowest BCUT2D eigenvalue weighted by atomic mass is 10.3. The van der Waals surface area contributed by atoms with Crippen LogP contribution in [-0.4, -0.2) is 47.8 Å². The third-order valence-corrected chi connectivity index (χ3v) is 3.43. The Bertz CT molecular complexity index is 486. The smallest absolute Gasteiger partial charge is 0.300 e. The van der Waals surface area contributed by atoms with Crippen molar-refractivity contribution in [2.24, 2.45) is 5.84 Å². The highest BCUT2D eigenvalue weighted by Crippen LogP contribution is 2.12. The van der Waals surface area contributed by atoms with Crippen LogP contribution in [0.25, 0.3) is 0 Å². The number of hydrogen-bond acceptors (Lipinski definition) is 5. The molecule has 1 aliphatic heterocycles. The normalized spacial score (nSPS) is 16.8. The number of nitrogen functional groups attached to an aromatic ring is 1. The monoisotopic (exact) mass is 280 g/mol. The van der Waals surface area contributed by atoms with Gasteiger partial charge in [0.1, 0.15) is 5.76 Å². The Morgan fingerprint density at radius 2 is 2.10 bits per heavy atom. The van der Waals surface area contributed by atoms with Crippen LogP contribution in [0.1, 0.15) is 29.7 Å². The van der Waals surface area contributed by atoms with Crippen molar-refractivity contribution >= 4 is 11.8 Å². The Labute approximate surface area is 117 Å². The second-order valence-corrected chi connectivity index (χ2v) is 4.88. The number of amides is 2. The van der Waals surface area contributed by atoms with Crippen molar-refractivity contribution in [2.45, 2.75) is 19.9 Å². The van der Waals surface area contributed by atoms with Gasteiger partial charge in [-0.3, -0.25) is 19.9 Å². The molecule has 0 unspecified atom stereocenters. The van der Waals surface area contributed by atoms with E-state index in [2.05, 4.69) is 4.90 Å². The molecule has 7 heteroatoms. The molecule has 1 aromatic rings. The van der Waals surface area contributed by atoms with E-state index in [4.69, 9.17) is 10.3 Å². The van der Waals surface area contributed by atoms with Crippen LogP contribution in [-0.2, 0) is 11.3 Å². The maximum Gasteiger partial charge on any atom is 0.300 e. The average molecular weight is 280 g/mol. The van der Waals surface area contributed by atoms with Gasteiger partial charge in [0.25, 0.3) is 0 Å². The van der Waals surface area contributed by atoms with E-state index in [0.29, 0.717) is 6.54 Å². The van der Waals surface area contributed by atoms with E-state index in [9.17, 15) is 9.59 Å². The maximum absolute atomic E-state index is 11.4. The minimum absolute atomic E-state index is 0.117. The number of carbonyl (C=O) groups excluding carboxylic acids is 2. The highest BCUT2D eigenvalue weighted by atomic mass is 16.4. The van der Waals surface area contributed by atoms with Crippen LogP contribution in [0.3, 0.4) is 0 Å². The van der Waals surface area contributed by atoms with Gasteiger partial charge in [-0.25, -0.2) is 5.84 Å². The van der Waals surface area contributed by atoms with Gasteiger partial charge >= 0.3 is 5.91 Å². The average Bonchev–Trinajstić information content (AvgIpc) is 2.76. The number of furan rings is 1. The van der Waals surface area contributed by atoms with Crippen LogP contribution in [0, 0.1) is 0 Å². The molecule has 20 heavy (non-hydrogen) atoms. The quantitative estimate of drug-likeness (QED) is 0.460. The summed E-state index contributed by atoms with van der Waals surface area (Å²) >= 11 is 0. The molecule has 2 heterocycles. The van der Waals surface area contributed by atoms with Gasteiger partial charge in [-0.1, -0.05) is 0 Å². The zero-order valence-corrected chi connectivity index (χ0v) is 11.6. The second-order valence-electron chi connectivity index (χ2n) is 4.88. The Balaban J connectivity index is 1.91. The highest BCUT2D eigenvalue weighted by molar-refractivity contribution is 5.90. The van der Waals surface area contributed by atoms with E-state index in [-0.39, 0.29) is 11.7 Å². The summed E-state index contributed by atoms with van der Waals surface area (Å²) in [7, 11) is 0. The fourth-order valence-electron chi connectivity index (χ4n) is 2.32. The van der Waals surface area contributed by atoms with E-state index in [1.165, 1.54) is 0 Å². The number of carbonyl (C=O) groups is 2. The molecule has 1 fully saturated rings. The van der Waals surface area contributed by atoms with Crippen LogP contribution in [0.5, 0.6) is 0 Å². The molecule has 0 aromatic carbocycles. The van der Waals surface area contributed by atoms with E-state index < -0.39 is 5.91 Å². The molecule has 2 rings (SSSR count). The Morgan fingerprint density at radius 3 is 2.80 bits per heavy atom. The first kappa shape index (κ1) is 14.5. The molecule has 2 amide bonds. The van der Waals surface area contributed by atoms with E-state index in [1.54, 1.807) is 19.1 Å². The van der Waals surface area contributed by atoms with Crippen molar-refractivity contribution in [1.29, 1.82) is 0 Å². The fraction of sp³-hybridized carbons (Fsp3) is 0.538. The second kappa shape index (κ2) is 6.53. The standard InChI is InChI=1S/C13H20N4O3/c1-10(18)17-6-2-5-16(7-8-17)9-11-3-4-12(20-11)13(19)15-14/h3-4H,2,5-9,14H2,1H3,(H,15,19). The summed E-state index contributed by atoms with van der Waals surface area (Å²) < 4.78 is 5.44. The third-order valence-electron chi connectivity index (χ3n) is 3.43. The summed E-state index contributed by atoms with van der Waals surface area (Å²) in [6.45, 7) is 5.46. The number of nitrogens with two attached hydrogens (primary N) is 1. The predicted octanol–water partition coefficient (Wildman–Crippen LogP) is -0.0627. The molecule has 0 bridgehead atoms. The molecule has 7 nitrogen and oxygen atoms in total. The van der Waals surface area contributed by atoms with E-state index >= 15 is 0 Å². The molecule has 0 aliphatic carbocycles. The van der Waals surface area contributed by atoms with Crippen molar-refractivity contribution in [3.05, 3.63) is 23.7 Å². The van der Waals surface area contributed by atoms with Gasteiger partial charge in [0.2, 0.25) is 5.91 Å². The molecule has 110 valence electrons. The Kier molecular flexibility index (Phi) is 4.75.